The lowest BCUT2D eigenvalue weighted by Crippen LogP contribution is -2.23. The SMILES string of the molecule is CCCN(CC)Cc1ccc(F)c(C#N)c1. The maximum atomic E-state index is 13.1. The van der Waals surface area contributed by atoms with Gasteiger partial charge in [0.05, 0.1) is 5.56 Å². The van der Waals surface area contributed by atoms with Crippen molar-refractivity contribution in [1.82, 2.24) is 4.90 Å². The van der Waals surface area contributed by atoms with E-state index in [9.17, 15) is 4.39 Å². The fourth-order valence-corrected chi connectivity index (χ4v) is 1.68. The first-order valence-electron chi connectivity index (χ1n) is 5.62. The summed E-state index contributed by atoms with van der Waals surface area (Å²) in [5, 5.41) is 8.73. The van der Waals surface area contributed by atoms with E-state index in [1.165, 1.54) is 6.07 Å². The van der Waals surface area contributed by atoms with Gasteiger partial charge in [0.1, 0.15) is 11.9 Å². The summed E-state index contributed by atoms with van der Waals surface area (Å²) in [5.41, 5.74) is 1.12. The molecule has 0 aliphatic rings. The molecule has 0 unspecified atom stereocenters. The van der Waals surface area contributed by atoms with Gasteiger partial charge in [-0.2, -0.15) is 5.26 Å². The topological polar surface area (TPSA) is 27.0 Å². The highest BCUT2D eigenvalue weighted by Gasteiger charge is 2.06. The van der Waals surface area contributed by atoms with Gasteiger partial charge in [-0.1, -0.05) is 19.9 Å². The normalized spacial score (nSPS) is 10.4. The third kappa shape index (κ3) is 3.32. The molecule has 1 rings (SSSR count). The highest BCUT2D eigenvalue weighted by Crippen LogP contribution is 2.11. The van der Waals surface area contributed by atoms with Crippen LogP contribution in [-0.2, 0) is 6.54 Å². The third-order valence-corrected chi connectivity index (χ3v) is 2.54. The first-order chi connectivity index (χ1) is 7.71. The first kappa shape index (κ1) is 12.7. The molecule has 0 N–H and O–H groups in total. The molecule has 3 heteroatoms. The summed E-state index contributed by atoms with van der Waals surface area (Å²) in [4.78, 5) is 2.27. The van der Waals surface area contributed by atoms with Gasteiger partial charge in [-0.05, 0) is 37.2 Å². The lowest BCUT2D eigenvalue weighted by atomic mass is 10.1. The number of rotatable bonds is 5. The fourth-order valence-electron chi connectivity index (χ4n) is 1.68. The second-order valence-corrected chi connectivity index (χ2v) is 3.79. The minimum atomic E-state index is -0.440. The van der Waals surface area contributed by atoms with Crippen LogP contribution in [0.4, 0.5) is 4.39 Å². The minimum absolute atomic E-state index is 0.130. The molecule has 0 aliphatic heterocycles. The molecule has 86 valence electrons. The van der Waals surface area contributed by atoms with Crippen molar-refractivity contribution in [3.8, 4) is 6.07 Å². The van der Waals surface area contributed by atoms with E-state index < -0.39 is 5.82 Å². The molecule has 0 aliphatic carbocycles. The molecular weight excluding hydrogens is 203 g/mol. The minimum Gasteiger partial charge on any atom is -0.299 e. The summed E-state index contributed by atoms with van der Waals surface area (Å²) in [6, 6.07) is 6.61. The Hall–Kier alpha value is -1.40. The molecule has 0 saturated carbocycles. The summed E-state index contributed by atoms with van der Waals surface area (Å²) >= 11 is 0. The van der Waals surface area contributed by atoms with Crippen LogP contribution < -0.4 is 0 Å². The smallest absolute Gasteiger partial charge is 0.140 e. The second-order valence-electron chi connectivity index (χ2n) is 3.79. The van der Waals surface area contributed by atoms with Crippen molar-refractivity contribution in [2.75, 3.05) is 13.1 Å². The highest BCUT2D eigenvalue weighted by atomic mass is 19.1. The van der Waals surface area contributed by atoms with Crippen molar-refractivity contribution in [1.29, 1.82) is 5.26 Å². The van der Waals surface area contributed by atoms with Crippen LogP contribution in [0.3, 0.4) is 0 Å². The number of hydrogen-bond acceptors (Lipinski definition) is 2. The standard InChI is InChI=1S/C13H17FN2/c1-3-7-16(4-2)10-11-5-6-13(14)12(8-11)9-15/h5-6,8H,3-4,7,10H2,1-2H3. The van der Waals surface area contributed by atoms with Gasteiger partial charge >= 0.3 is 0 Å². The van der Waals surface area contributed by atoms with Crippen LogP contribution in [0.1, 0.15) is 31.4 Å². The van der Waals surface area contributed by atoms with E-state index in [-0.39, 0.29) is 5.56 Å². The molecule has 0 atom stereocenters. The predicted octanol–water partition coefficient (Wildman–Crippen LogP) is 2.93. The fraction of sp³-hybridized carbons (Fsp3) is 0.462. The Morgan fingerprint density at radius 2 is 2.12 bits per heavy atom. The molecule has 0 bridgehead atoms. The number of hydrogen-bond donors (Lipinski definition) is 0. The van der Waals surface area contributed by atoms with Crippen LogP contribution in [0.5, 0.6) is 0 Å². The van der Waals surface area contributed by atoms with Gasteiger partial charge in [-0.3, -0.25) is 4.90 Å². The molecule has 1 aromatic rings. The molecule has 0 radical (unpaired) electrons. The van der Waals surface area contributed by atoms with Gasteiger partial charge < -0.3 is 0 Å². The van der Waals surface area contributed by atoms with Gasteiger partial charge in [0.25, 0.3) is 0 Å². The van der Waals surface area contributed by atoms with Crippen molar-refractivity contribution in [3.05, 3.63) is 35.1 Å². The predicted molar refractivity (Wildman–Crippen MR) is 62.4 cm³/mol. The highest BCUT2D eigenvalue weighted by molar-refractivity contribution is 5.34. The molecule has 1 aromatic carbocycles. The van der Waals surface area contributed by atoms with E-state index in [2.05, 4.69) is 18.7 Å². The third-order valence-electron chi connectivity index (χ3n) is 2.54. The lowest BCUT2D eigenvalue weighted by molar-refractivity contribution is 0.280. The Bertz CT molecular complexity index is 382. The summed E-state index contributed by atoms with van der Waals surface area (Å²) in [6.45, 7) is 7.00. The zero-order chi connectivity index (χ0) is 12.0. The molecular formula is C13H17FN2. The average Bonchev–Trinajstić information content (AvgIpc) is 2.30. The van der Waals surface area contributed by atoms with E-state index in [1.54, 1.807) is 12.1 Å². The zero-order valence-corrected chi connectivity index (χ0v) is 9.83. The Balaban J connectivity index is 2.77. The molecule has 0 fully saturated rings. The Morgan fingerprint density at radius 1 is 1.38 bits per heavy atom. The number of nitrogens with zero attached hydrogens (tertiary/aromatic N) is 2. The van der Waals surface area contributed by atoms with E-state index in [0.717, 1.165) is 31.6 Å². The Morgan fingerprint density at radius 3 is 2.69 bits per heavy atom. The maximum Gasteiger partial charge on any atom is 0.140 e. The van der Waals surface area contributed by atoms with Crippen LogP contribution in [0.2, 0.25) is 0 Å². The largest absolute Gasteiger partial charge is 0.299 e. The monoisotopic (exact) mass is 220 g/mol. The zero-order valence-electron chi connectivity index (χ0n) is 9.83. The summed E-state index contributed by atoms with van der Waals surface area (Å²) in [5.74, 6) is -0.440. The average molecular weight is 220 g/mol. The second kappa shape index (κ2) is 6.24. The van der Waals surface area contributed by atoms with Crippen molar-refractivity contribution >= 4 is 0 Å². The lowest BCUT2D eigenvalue weighted by Gasteiger charge is -2.19. The van der Waals surface area contributed by atoms with Crippen molar-refractivity contribution < 1.29 is 4.39 Å². The van der Waals surface area contributed by atoms with Crippen molar-refractivity contribution in [3.63, 3.8) is 0 Å². The van der Waals surface area contributed by atoms with Crippen LogP contribution >= 0.6 is 0 Å². The molecule has 0 aromatic heterocycles. The quantitative estimate of drug-likeness (QED) is 0.762. The van der Waals surface area contributed by atoms with Gasteiger partial charge in [0, 0.05) is 6.54 Å². The van der Waals surface area contributed by atoms with E-state index >= 15 is 0 Å². The van der Waals surface area contributed by atoms with E-state index in [0.29, 0.717) is 0 Å². The van der Waals surface area contributed by atoms with E-state index in [4.69, 9.17) is 5.26 Å². The molecule has 0 amide bonds. The van der Waals surface area contributed by atoms with E-state index in [1.807, 2.05) is 6.07 Å². The first-order valence-corrected chi connectivity index (χ1v) is 5.62. The van der Waals surface area contributed by atoms with Crippen LogP contribution in [0, 0.1) is 17.1 Å². The van der Waals surface area contributed by atoms with Crippen LogP contribution in [0.15, 0.2) is 18.2 Å². The Kier molecular flexibility index (Phi) is 4.94. The molecule has 2 nitrogen and oxygen atoms in total. The number of halogens is 1. The van der Waals surface area contributed by atoms with Gasteiger partial charge in [0.2, 0.25) is 0 Å². The number of benzene rings is 1. The van der Waals surface area contributed by atoms with Crippen molar-refractivity contribution in [2.24, 2.45) is 0 Å². The van der Waals surface area contributed by atoms with Gasteiger partial charge in [0.15, 0.2) is 0 Å². The molecule has 0 saturated heterocycles. The van der Waals surface area contributed by atoms with Crippen LogP contribution in [-0.4, -0.2) is 18.0 Å². The van der Waals surface area contributed by atoms with Crippen LogP contribution in [0.25, 0.3) is 0 Å². The van der Waals surface area contributed by atoms with Gasteiger partial charge in [-0.15, -0.1) is 0 Å². The molecule has 0 spiro atoms. The summed E-state index contributed by atoms with van der Waals surface area (Å²) in [7, 11) is 0. The molecule has 16 heavy (non-hydrogen) atoms. The summed E-state index contributed by atoms with van der Waals surface area (Å²) in [6.07, 6.45) is 1.10. The Labute approximate surface area is 96.3 Å². The molecule has 0 heterocycles. The van der Waals surface area contributed by atoms with Gasteiger partial charge in [-0.25, -0.2) is 4.39 Å². The number of nitriles is 1. The van der Waals surface area contributed by atoms with Crippen molar-refractivity contribution in [2.45, 2.75) is 26.8 Å². The maximum absolute atomic E-state index is 13.1. The summed E-state index contributed by atoms with van der Waals surface area (Å²) < 4.78 is 13.1.